The Kier molecular flexibility index (Phi) is 5.47. The van der Waals surface area contributed by atoms with Crippen LogP contribution in [0, 0.1) is 0 Å². The fourth-order valence-corrected chi connectivity index (χ4v) is 1.77. The second kappa shape index (κ2) is 6.89. The van der Waals surface area contributed by atoms with E-state index in [2.05, 4.69) is 6.92 Å². The van der Waals surface area contributed by atoms with Crippen molar-refractivity contribution in [3.63, 3.8) is 0 Å². The molecular formula is C15H20O2. The van der Waals surface area contributed by atoms with Crippen LogP contribution in [-0.4, -0.2) is 12.6 Å². The number of hydrogen-bond donors (Lipinski definition) is 0. The van der Waals surface area contributed by atoms with Gasteiger partial charge in [-0.3, -0.25) is 0 Å². The Morgan fingerprint density at radius 1 is 1.18 bits per heavy atom. The average molecular weight is 232 g/mol. The predicted octanol–water partition coefficient (Wildman–Crippen LogP) is 3.82. The first kappa shape index (κ1) is 13.5. The molecule has 0 unspecified atom stereocenters. The van der Waals surface area contributed by atoms with Crippen LogP contribution >= 0.6 is 0 Å². The summed E-state index contributed by atoms with van der Waals surface area (Å²) in [6.45, 7) is 6.31. The highest BCUT2D eigenvalue weighted by molar-refractivity contribution is 5.97. The van der Waals surface area contributed by atoms with Crippen molar-refractivity contribution in [1.82, 2.24) is 0 Å². The van der Waals surface area contributed by atoms with E-state index in [4.69, 9.17) is 4.74 Å². The van der Waals surface area contributed by atoms with Gasteiger partial charge in [0.25, 0.3) is 0 Å². The number of carbonyl (C=O) groups excluding carboxylic acids is 1. The zero-order valence-electron chi connectivity index (χ0n) is 10.8. The summed E-state index contributed by atoms with van der Waals surface area (Å²) in [5.41, 5.74) is 2.90. The van der Waals surface area contributed by atoms with Gasteiger partial charge in [0.05, 0.1) is 6.61 Å². The van der Waals surface area contributed by atoms with Crippen LogP contribution in [-0.2, 0) is 9.53 Å². The second-order valence-corrected chi connectivity index (χ2v) is 3.94. The number of esters is 1. The Bertz CT molecular complexity index is 391. The third-order valence-electron chi connectivity index (χ3n) is 2.68. The Morgan fingerprint density at radius 3 is 2.35 bits per heavy atom. The molecule has 0 aliphatic rings. The number of carbonyl (C=O) groups is 1. The van der Waals surface area contributed by atoms with Gasteiger partial charge in [0.2, 0.25) is 0 Å². The van der Waals surface area contributed by atoms with Crippen LogP contribution in [0.5, 0.6) is 0 Å². The fourth-order valence-electron chi connectivity index (χ4n) is 1.77. The lowest BCUT2D eigenvalue weighted by atomic mass is 9.98. The minimum Gasteiger partial charge on any atom is -0.463 e. The fraction of sp³-hybridized carbons (Fsp3) is 0.400. The molecule has 0 radical (unpaired) electrons. The first-order valence-electron chi connectivity index (χ1n) is 6.13. The number of hydrogen-bond acceptors (Lipinski definition) is 2. The molecule has 0 aliphatic heterocycles. The summed E-state index contributed by atoms with van der Waals surface area (Å²) in [5.74, 6) is -0.185. The molecule has 1 aromatic carbocycles. The first-order chi connectivity index (χ1) is 8.20. The standard InChI is InChI=1S/C15H20O2/c1-4-9-14(15(16)17-5-2)12(3)13-10-7-6-8-11-13/h6-8,10-11H,4-5,9H2,1-3H3/b14-12+. The monoisotopic (exact) mass is 232 g/mol. The molecule has 1 aromatic rings. The van der Waals surface area contributed by atoms with Crippen LogP contribution in [0.3, 0.4) is 0 Å². The van der Waals surface area contributed by atoms with E-state index in [-0.39, 0.29) is 5.97 Å². The summed E-state index contributed by atoms with van der Waals surface area (Å²) in [6.07, 6.45) is 1.71. The molecule has 0 aliphatic carbocycles. The Labute approximate surface area is 103 Å². The molecule has 0 saturated heterocycles. The van der Waals surface area contributed by atoms with Gasteiger partial charge >= 0.3 is 5.97 Å². The summed E-state index contributed by atoms with van der Waals surface area (Å²) in [6, 6.07) is 9.97. The molecule has 0 heterocycles. The molecule has 0 N–H and O–H groups in total. The minimum atomic E-state index is -0.185. The maximum absolute atomic E-state index is 11.9. The normalized spacial score (nSPS) is 11.9. The highest BCUT2D eigenvalue weighted by Gasteiger charge is 2.13. The van der Waals surface area contributed by atoms with E-state index in [0.717, 1.165) is 29.6 Å². The van der Waals surface area contributed by atoms with Gasteiger partial charge in [-0.2, -0.15) is 0 Å². The summed E-state index contributed by atoms with van der Waals surface area (Å²) in [7, 11) is 0. The van der Waals surface area contributed by atoms with Crippen LogP contribution in [0.15, 0.2) is 35.9 Å². The quantitative estimate of drug-likeness (QED) is 0.570. The molecule has 0 saturated carbocycles. The molecule has 0 spiro atoms. The molecule has 92 valence electrons. The van der Waals surface area contributed by atoms with Gasteiger partial charge in [-0.05, 0) is 31.4 Å². The molecular weight excluding hydrogens is 212 g/mol. The molecule has 0 atom stereocenters. The largest absolute Gasteiger partial charge is 0.463 e. The summed E-state index contributed by atoms with van der Waals surface area (Å²) >= 11 is 0. The molecule has 2 nitrogen and oxygen atoms in total. The SMILES string of the molecule is CCC/C(C(=O)OCC)=C(/C)c1ccccc1. The lowest BCUT2D eigenvalue weighted by Crippen LogP contribution is -2.09. The van der Waals surface area contributed by atoms with E-state index in [1.807, 2.05) is 44.2 Å². The van der Waals surface area contributed by atoms with Gasteiger partial charge < -0.3 is 4.74 Å². The van der Waals surface area contributed by atoms with E-state index in [1.165, 1.54) is 0 Å². The van der Waals surface area contributed by atoms with Gasteiger partial charge in [0.15, 0.2) is 0 Å². The second-order valence-electron chi connectivity index (χ2n) is 3.94. The van der Waals surface area contributed by atoms with Crippen molar-refractivity contribution in [3.05, 3.63) is 41.5 Å². The van der Waals surface area contributed by atoms with Crippen molar-refractivity contribution in [2.75, 3.05) is 6.61 Å². The van der Waals surface area contributed by atoms with E-state index in [0.29, 0.717) is 6.61 Å². The molecule has 2 heteroatoms. The maximum atomic E-state index is 11.9. The van der Waals surface area contributed by atoms with Crippen molar-refractivity contribution in [2.24, 2.45) is 0 Å². The summed E-state index contributed by atoms with van der Waals surface area (Å²) in [5, 5.41) is 0. The van der Waals surface area contributed by atoms with Crippen molar-refractivity contribution in [1.29, 1.82) is 0 Å². The third kappa shape index (κ3) is 3.74. The zero-order valence-corrected chi connectivity index (χ0v) is 10.8. The number of allylic oxidation sites excluding steroid dienone is 1. The van der Waals surface area contributed by atoms with Gasteiger partial charge in [-0.15, -0.1) is 0 Å². The van der Waals surface area contributed by atoms with Gasteiger partial charge in [-0.1, -0.05) is 43.7 Å². The lowest BCUT2D eigenvalue weighted by Gasteiger charge is -2.10. The number of benzene rings is 1. The summed E-state index contributed by atoms with van der Waals surface area (Å²) < 4.78 is 5.10. The van der Waals surface area contributed by atoms with Crippen LogP contribution in [0.2, 0.25) is 0 Å². The minimum absolute atomic E-state index is 0.185. The zero-order chi connectivity index (χ0) is 12.7. The topological polar surface area (TPSA) is 26.3 Å². The molecule has 0 bridgehead atoms. The van der Waals surface area contributed by atoms with Crippen molar-refractivity contribution >= 4 is 11.5 Å². The maximum Gasteiger partial charge on any atom is 0.334 e. The highest BCUT2D eigenvalue weighted by atomic mass is 16.5. The molecule has 1 rings (SSSR count). The molecule has 0 fully saturated rings. The molecule has 0 aromatic heterocycles. The Hall–Kier alpha value is -1.57. The smallest absolute Gasteiger partial charge is 0.334 e. The van der Waals surface area contributed by atoms with E-state index in [1.54, 1.807) is 0 Å². The highest BCUT2D eigenvalue weighted by Crippen LogP contribution is 2.22. The van der Waals surface area contributed by atoms with Crippen molar-refractivity contribution in [3.8, 4) is 0 Å². The third-order valence-corrected chi connectivity index (χ3v) is 2.68. The van der Waals surface area contributed by atoms with Gasteiger partial charge in [0, 0.05) is 5.57 Å². The number of ether oxygens (including phenoxy) is 1. The summed E-state index contributed by atoms with van der Waals surface area (Å²) in [4.78, 5) is 11.9. The van der Waals surface area contributed by atoms with Crippen LogP contribution in [0.4, 0.5) is 0 Å². The Balaban J connectivity index is 3.06. The van der Waals surface area contributed by atoms with E-state index in [9.17, 15) is 4.79 Å². The predicted molar refractivity (Wildman–Crippen MR) is 70.6 cm³/mol. The molecule has 17 heavy (non-hydrogen) atoms. The van der Waals surface area contributed by atoms with Gasteiger partial charge in [-0.25, -0.2) is 4.79 Å². The van der Waals surface area contributed by atoms with Crippen molar-refractivity contribution in [2.45, 2.75) is 33.6 Å². The van der Waals surface area contributed by atoms with Crippen LogP contribution < -0.4 is 0 Å². The first-order valence-corrected chi connectivity index (χ1v) is 6.13. The number of rotatable bonds is 5. The lowest BCUT2D eigenvalue weighted by molar-refractivity contribution is -0.138. The van der Waals surface area contributed by atoms with E-state index >= 15 is 0 Å². The van der Waals surface area contributed by atoms with Crippen LogP contribution in [0.25, 0.3) is 5.57 Å². The average Bonchev–Trinajstić information content (AvgIpc) is 2.36. The van der Waals surface area contributed by atoms with Gasteiger partial charge in [0.1, 0.15) is 0 Å². The molecule has 0 amide bonds. The van der Waals surface area contributed by atoms with Crippen molar-refractivity contribution < 1.29 is 9.53 Å². The van der Waals surface area contributed by atoms with Crippen LogP contribution in [0.1, 0.15) is 39.2 Å². The van der Waals surface area contributed by atoms with E-state index < -0.39 is 0 Å². The Morgan fingerprint density at radius 2 is 1.82 bits per heavy atom.